The van der Waals surface area contributed by atoms with E-state index in [1.807, 2.05) is 0 Å². The summed E-state index contributed by atoms with van der Waals surface area (Å²) in [5.41, 5.74) is 5.02. The summed E-state index contributed by atoms with van der Waals surface area (Å²) in [4.78, 5) is 0. The van der Waals surface area contributed by atoms with Crippen molar-refractivity contribution in [3.8, 4) is 0 Å². The Kier molecular flexibility index (Phi) is 4.88. The first-order valence-electron chi connectivity index (χ1n) is 13.2. The van der Waals surface area contributed by atoms with Gasteiger partial charge in [0.15, 0.2) is 8.24 Å². The van der Waals surface area contributed by atoms with E-state index in [0.717, 1.165) is 12.8 Å². The van der Waals surface area contributed by atoms with Crippen molar-refractivity contribution in [1.82, 2.24) is 4.23 Å². The number of aliphatic hydroxyl groups is 1. The van der Waals surface area contributed by atoms with Gasteiger partial charge in [-0.1, -0.05) is 78.9 Å². The Morgan fingerprint density at radius 3 is 2.36 bits per heavy atom. The van der Waals surface area contributed by atoms with Crippen molar-refractivity contribution >= 4 is 19.1 Å². The summed E-state index contributed by atoms with van der Waals surface area (Å²) in [6.45, 7) is 24.2. The maximum absolute atomic E-state index is 11.0. The van der Waals surface area contributed by atoms with E-state index in [0.29, 0.717) is 11.8 Å². The highest BCUT2D eigenvalue weighted by Crippen LogP contribution is 2.68. The van der Waals surface area contributed by atoms with Crippen LogP contribution in [0.15, 0.2) is 36.9 Å². The third kappa shape index (κ3) is 2.76. The number of rotatable bonds is 2. The van der Waals surface area contributed by atoms with Gasteiger partial charge in [0.1, 0.15) is 0 Å². The highest BCUT2D eigenvalue weighted by atomic mass is 28.3. The quantitative estimate of drug-likeness (QED) is 0.358. The molecule has 0 saturated heterocycles. The fourth-order valence-electron chi connectivity index (χ4n) is 8.53. The molecular formula is C30H45NOSi. The molecule has 1 N–H and O–H groups in total. The fourth-order valence-corrected chi connectivity index (χ4v) is 11.0. The zero-order valence-corrected chi connectivity index (χ0v) is 23.3. The summed E-state index contributed by atoms with van der Waals surface area (Å²) in [5.74, 6) is 1.13. The molecule has 0 aliphatic heterocycles. The molecule has 0 spiro atoms. The molecule has 3 aliphatic carbocycles. The summed E-state index contributed by atoms with van der Waals surface area (Å²) < 4.78 is 2.89. The monoisotopic (exact) mass is 463 g/mol. The maximum Gasteiger partial charge on any atom is 0.161 e. The lowest BCUT2D eigenvalue weighted by Gasteiger charge is -2.62. The van der Waals surface area contributed by atoms with Gasteiger partial charge in [-0.15, -0.1) is 6.58 Å². The SMILES string of the molecule is C=C[C@]1(C)[C@@H](O)CC[C@]2(C)[C@H]3Cc4c(n([Si](C)(C)C(C)(C)C)c5ccccc45)[C@]3(C)CC[C@@H]12. The number of para-hydroxylation sites is 1. The molecule has 2 aromatic rings. The van der Waals surface area contributed by atoms with E-state index in [1.54, 1.807) is 11.3 Å². The smallest absolute Gasteiger partial charge is 0.161 e. The van der Waals surface area contributed by atoms with E-state index in [2.05, 4.69) is 95.8 Å². The lowest BCUT2D eigenvalue weighted by atomic mass is 9.43. The first kappa shape index (κ1) is 23.4. The molecule has 2 saturated carbocycles. The molecule has 0 radical (unpaired) electrons. The first-order chi connectivity index (χ1) is 15.2. The second-order valence-electron chi connectivity index (χ2n) is 13.9. The maximum atomic E-state index is 11.0. The number of benzene rings is 1. The van der Waals surface area contributed by atoms with Crippen molar-refractivity contribution in [2.45, 2.75) is 103 Å². The van der Waals surface area contributed by atoms with Crippen LogP contribution in [-0.2, 0) is 11.8 Å². The largest absolute Gasteiger partial charge is 0.392 e. The summed E-state index contributed by atoms with van der Waals surface area (Å²) in [6, 6.07) is 9.23. The van der Waals surface area contributed by atoms with Crippen LogP contribution in [0, 0.1) is 22.7 Å². The van der Waals surface area contributed by atoms with Gasteiger partial charge >= 0.3 is 0 Å². The molecule has 1 aromatic carbocycles. The molecule has 6 atom stereocenters. The normalized spacial score (nSPS) is 38.6. The first-order valence-corrected chi connectivity index (χ1v) is 16.1. The van der Waals surface area contributed by atoms with Crippen molar-refractivity contribution in [2.24, 2.45) is 22.7 Å². The third-order valence-corrected chi connectivity index (χ3v) is 16.8. The standard InChI is InChI=1S/C30H45NOSi/c1-10-28(5)23-15-17-30(7)24(29(23,6)18-16-25(28)32)19-21-20-13-11-12-14-22(20)31(26(21)30)33(8,9)27(2,3)4/h10-14,23-25,32H,1,15-19H2,2-9H3/t23-,24+,25-,28-,29-,30+/m0/s1. The van der Waals surface area contributed by atoms with Crippen LogP contribution in [0.4, 0.5) is 0 Å². The van der Waals surface area contributed by atoms with Crippen molar-refractivity contribution in [3.63, 3.8) is 0 Å². The Labute approximate surface area is 202 Å². The Balaban J connectivity index is 1.74. The Hall–Kier alpha value is -1.32. The van der Waals surface area contributed by atoms with Crippen LogP contribution < -0.4 is 0 Å². The molecule has 5 rings (SSSR count). The molecule has 1 aromatic heterocycles. The zero-order valence-electron chi connectivity index (χ0n) is 22.3. The highest BCUT2D eigenvalue weighted by molar-refractivity contribution is 6.79. The van der Waals surface area contributed by atoms with Crippen molar-refractivity contribution in [3.05, 3.63) is 48.2 Å². The number of aliphatic hydroxyl groups excluding tert-OH is 1. The van der Waals surface area contributed by atoms with E-state index >= 15 is 0 Å². The van der Waals surface area contributed by atoms with Gasteiger partial charge in [-0.05, 0) is 66.0 Å². The van der Waals surface area contributed by atoms with E-state index in [9.17, 15) is 5.11 Å². The van der Waals surface area contributed by atoms with Crippen LogP contribution in [0.5, 0.6) is 0 Å². The molecule has 0 amide bonds. The van der Waals surface area contributed by atoms with E-state index in [1.165, 1.54) is 30.2 Å². The fraction of sp³-hybridized carbons (Fsp3) is 0.667. The second-order valence-corrected chi connectivity index (χ2v) is 18.9. The van der Waals surface area contributed by atoms with Gasteiger partial charge < -0.3 is 9.34 Å². The minimum absolute atomic E-state index is 0.182. The van der Waals surface area contributed by atoms with Gasteiger partial charge in [-0.3, -0.25) is 0 Å². The average Bonchev–Trinajstić information content (AvgIpc) is 3.24. The van der Waals surface area contributed by atoms with Gasteiger partial charge in [0.2, 0.25) is 0 Å². The minimum Gasteiger partial charge on any atom is -0.392 e. The third-order valence-electron chi connectivity index (χ3n) is 11.5. The van der Waals surface area contributed by atoms with Crippen molar-refractivity contribution in [1.29, 1.82) is 0 Å². The topological polar surface area (TPSA) is 25.2 Å². The Morgan fingerprint density at radius 1 is 1.06 bits per heavy atom. The van der Waals surface area contributed by atoms with Gasteiger partial charge in [-0.2, -0.15) is 0 Å². The van der Waals surface area contributed by atoms with Crippen LogP contribution in [-0.4, -0.2) is 23.7 Å². The van der Waals surface area contributed by atoms with Crippen molar-refractivity contribution < 1.29 is 5.11 Å². The summed E-state index contributed by atoms with van der Waals surface area (Å²) in [5, 5.41) is 12.8. The predicted molar refractivity (Wildman–Crippen MR) is 143 cm³/mol. The average molecular weight is 464 g/mol. The lowest BCUT2D eigenvalue weighted by molar-refractivity contribution is -0.139. The van der Waals surface area contributed by atoms with Gasteiger partial charge in [0.05, 0.1) is 6.10 Å². The zero-order chi connectivity index (χ0) is 24.2. The van der Waals surface area contributed by atoms with E-state index in [-0.39, 0.29) is 27.4 Å². The Morgan fingerprint density at radius 2 is 1.73 bits per heavy atom. The molecule has 33 heavy (non-hydrogen) atoms. The molecule has 1 heterocycles. The summed E-state index contributed by atoms with van der Waals surface area (Å²) in [6.07, 6.45) is 7.44. The summed E-state index contributed by atoms with van der Waals surface area (Å²) >= 11 is 0. The number of hydrogen-bond acceptors (Lipinski definition) is 1. The number of aromatic nitrogens is 1. The molecule has 3 aliphatic rings. The second kappa shape index (κ2) is 6.88. The van der Waals surface area contributed by atoms with Crippen LogP contribution in [0.25, 0.3) is 10.9 Å². The summed E-state index contributed by atoms with van der Waals surface area (Å²) in [7, 11) is -1.83. The molecule has 0 unspecified atom stereocenters. The highest BCUT2D eigenvalue weighted by Gasteiger charge is 2.64. The minimum atomic E-state index is -1.83. The molecule has 2 fully saturated rings. The van der Waals surface area contributed by atoms with E-state index in [4.69, 9.17) is 0 Å². The number of hydrogen-bond donors (Lipinski definition) is 1. The molecule has 3 heteroatoms. The van der Waals surface area contributed by atoms with Crippen LogP contribution in [0.1, 0.15) is 78.5 Å². The molecule has 0 bridgehead atoms. The van der Waals surface area contributed by atoms with Gasteiger partial charge in [0.25, 0.3) is 0 Å². The Bertz CT molecular complexity index is 1120. The van der Waals surface area contributed by atoms with Crippen LogP contribution in [0.2, 0.25) is 18.1 Å². The van der Waals surface area contributed by atoms with Gasteiger partial charge in [0, 0.05) is 27.4 Å². The number of fused-ring (bicyclic) bond motifs is 7. The number of nitrogens with zero attached hydrogens (tertiary/aromatic N) is 1. The lowest BCUT2D eigenvalue weighted by Crippen LogP contribution is -2.59. The molecule has 180 valence electrons. The predicted octanol–water partition coefficient (Wildman–Crippen LogP) is 7.69. The molecular weight excluding hydrogens is 418 g/mol. The van der Waals surface area contributed by atoms with Crippen LogP contribution >= 0.6 is 0 Å². The van der Waals surface area contributed by atoms with Crippen LogP contribution in [0.3, 0.4) is 0 Å². The molecule has 2 nitrogen and oxygen atoms in total. The van der Waals surface area contributed by atoms with Crippen molar-refractivity contribution in [2.75, 3.05) is 0 Å². The van der Waals surface area contributed by atoms with Gasteiger partial charge in [-0.25, -0.2) is 0 Å². The van der Waals surface area contributed by atoms with E-state index < -0.39 is 8.24 Å².